The smallest absolute Gasteiger partial charge is 0.211 e. The van der Waals surface area contributed by atoms with Crippen molar-refractivity contribution in [3.8, 4) is 0 Å². The highest BCUT2D eigenvalue weighted by Gasteiger charge is 2.26. The Morgan fingerprint density at radius 3 is 2.50 bits per heavy atom. The molecule has 0 aromatic heterocycles. The van der Waals surface area contributed by atoms with E-state index in [0.29, 0.717) is 12.3 Å². The Kier molecular flexibility index (Phi) is 7.11. The number of sulfonamides is 1. The fourth-order valence-corrected chi connectivity index (χ4v) is 3.98. The summed E-state index contributed by atoms with van der Waals surface area (Å²) < 4.78 is 38.2. The van der Waals surface area contributed by atoms with Gasteiger partial charge in [-0.05, 0) is 31.6 Å². The minimum absolute atomic E-state index is 0.0210. The van der Waals surface area contributed by atoms with Crippen molar-refractivity contribution < 1.29 is 17.9 Å². The lowest BCUT2D eigenvalue weighted by Gasteiger charge is -2.30. The summed E-state index contributed by atoms with van der Waals surface area (Å²) in [6.45, 7) is -0.637. The Hall–Kier alpha value is -0.200. The number of hydrogen-bond acceptors (Lipinski definition) is 3. The van der Waals surface area contributed by atoms with Gasteiger partial charge in [0.25, 0.3) is 0 Å². The number of nitrogens with one attached hydrogen (secondary N) is 1. The standard InChI is InChI=1S/C12H24FNO3S/c13-8-4-10-18(16,17)14-12(7-9-15)11-5-2-1-3-6-11/h11-12,14-15H,1-10H2. The molecule has 1 rings (SSSR count). The molecule has 1 aliphatic carbocycles. The zero-order chi connectivity index (χ0) is 13.4. The van der Waals surface area contributed by atoms with Crippen LogP contribution in [0.3, 0.4) is 0 Å². The molecule has 1 aliphatic rings. The van der Waals surface area contributed by atoms with Crippen LogP contribution < -0.4 is 4.72 Å². The van der Waals surface area contributed by atoms with Gasteiger partial charge in [0.1, 0.15) is 0 Å². The molecule has 18 heavy (non-hydrogen) atoms. The molecule has 1 atom stereocenters. The molecule has 1 fully saturated rings. The first-order valence-corrected chi connectivity index (χ1v) is 8.41. The second kappa shape index (κ2) is 8.07. The molecular weight excluding hydrogens is 257 g/mol. The third kappa shape index (κ3) is 5.63. The van der Waals surface area contributed by atoms with Gasteiger partial charge in [-0.3, -0.25) is 4.39 Å². The van der Waals surface area contributed by atoms with Crippen LogP contribution in [0.1, 0.15) is 44.9 Å². The summed E-state index contributed by atoms with van der Waals surface area (Å²) in [5.41, 5.74) is 0. The minimum Gasteiger partial charge on any atom is -0.396 e. The van der Waals surface area contributed by atoms with Crippen LogP contribution >= 0.6 is 0 Å². The molecule has 0 aromatic rings. The summed E-state index contributed by atoms with van der Waals surface area (Å²) in [7, 11) is -3.42. The molecule has 0 amide bonds. The predicted molar refractivity (Wildman–Crippen MR) is 69.6 cm³/mol. The first kappa shape index (κ1) is 15.9. The molecule has 0 bridgehead atoms. The van der Waals surface area contributed by atoms with Crippen molar-refractivity contribution in [3.05, 3.63) is 0 Å². The number of aliphatic hydroxyl groups excluding tert-OH is 1. The van der Waals surface area contributed by atoms with Crippen LogP contribution in [0.25, 0.3) is 0 Å². The lowest BCUT2D eigenvalue weighted by Crippen LogP contribution is -2.42. The molecular formula is C12H24FNO3S. The van der Waals surface area contributed by atoms with E-state index in [2.05, 4.69) is 4.72 Å². The van der Waals surface area contributed by atoms with Gasteiger partial charge in [-0.2, -0.15) is 0 Å². The molecule has 6 heteroatoms. The van der Waals surface area contributed by atoms with E-state index in [9.17, 15) is 12.8 Å². The van der Waals surface area contributed by atoms with Gasteiger partial charge in [-0.25, -0.2) is 13.1 Å². The van der Waals surface area contributed by atoms with Gasteiger partial charge >= 0.3 is 0 Å². The van der Waals surface area contributed by atoms with E-state index in [1.54, 1.807) is 0 Å². The highest BCUT2D eigenvalue weighted by molar-refractivity contribution is 7.89. The molecule has 2 N–H and O–H groups in total. The van der Waals surface area contributed by atoms with Gasteiger partial charge in [-0.15, -0.1) is 0 Å². The summed E-state index contributed by atoms with van der Waals surface area (Å²) in [5.74, 6) is 0.143. The number of rotatable bonds is 8. The van der Waals surface area contributed by atoms with Crippen LogP contribution in [0, 0.1) is 5.92 Å². The zero-order valence-corrected chi connectivity index (χ0v) is 11.6. The van der Waals surface area contributed by atoms with Crippen molar-refractivity contribution in [2.75, 3.05) is 19.0 Å². The van der Waals surface area contributed by atoms with Gasteiger partial charge in [0.05, 0.1) is 12.4 Å². The van der Waals surface area contributed by atoms with Crippen LogP contribution in [0.15, 0.2) is 0 Å². The second-order valence-corrected chi connectivity index (χ2v) is 6.87. The summed E-state index contributed by atoms with van der Waals surface area (Å²) >= 11 is 0. The number of aliphatic hydroxyl groups is 1. The largest absolute Gasteiger partial charge is 0.396 e. The van der Waals surface area contributed by atoms with Crippen molar-refractivity contribution in [3.63, 3.8) is 0 Å². The lowest BCUT2D eigenvalue weighted by atomic mass is 9.83. The fourth-order valence-electron chi connectivity index (χ4n) is 2.60. The summed E-state index contributed by atoms with van der Waals surface area (Å²) in [6, 6.07) is -0.195. The molecule has 4 nitrogen and oxygen atoms in total. The van der Waals surface area contributed by atoms with Crippen molar-refractivity contribution in [2.24, 2.45) is 5.92 Å². The van der Waals surface area contributed by atoms with Gasteiger partial charge < -0.3 is 5.11 Å². The molecule has 1 saturated carbocycles. The van der Waals surface area contributed by atoms with E-state index in [0.717, 1.165) is 25.7 Å². The average molecular weight is 281 g/mol. The highest BCUT2D eigenvalue weighted by atomic mass is 32.2. The third-order valence-electron chi connectivity index (χ3n) is 3.54. The molecule has 1 unspecified atom stereocenters. The number of halogens is 1. The Morgan fingerprint density at radius 1 is 1.28 bits per heavy atom. The van der Waals surface area contributed by atoms with Gasteiger partial charge in [-0.1, -0.05) is 19.3 Å². The summed E-state index contributed by atoms with van der Waals surface area (Å²) in [4.78, 5) is 0. The van der Waals surface area contributed by atoms with Crippen LogP contribution in [0.5, 0.6) is 0 Å². The maximum Gasteiger partial charge on any atom is 0.211 e. The first-order chi connectivity index (χ1) is 8.59. The maximum absolute atomic E-state index is 12.0. The van der Waals surface area contributed by atoms with Crippen molar-refractivity contribution in [2.45, 2.75) is 51.0 Å². The predicted octanol–water partition coefficient (Wildman–Crippen LogP) is 1.60. The molecule has 108 valence electrons. The van der Waals surface area contributed by atoms with E-state index in [1.807, 2.05) is 0 Å². The molecule has 0 aromatic carbocycles. The van der Waals surface area contributed by atoms with Crippen LogP contribution in [-0.2, 0) is 10.0 Å². The fraction of sp³-hybridized carbons (Fsp3) is 1.00. The van der Waals surface area contributed by atoms with Crippen molar-refractivity contribution in [1.82, 2.24) is 4.72 Å². The Balaban J connectivity index is 2.55. The summed E-state index contributed by atoms with van der Waals surface area (Å²) in [5, 5.41) is 9.05. The van der Waals surface area contributed by atoms with E-state index in [-0.39, 0.29) is 24.8 Å². The monoisotopic (exact) mass is 281 g/mol. The normalized spacial score (nSPS) is 19.9. The van der Waals surface area contributed by atoms with Crippen molar-refractivity contribution >= 4 is 10.0 Å². The van der Waals surface area contributed by atoms with E-state index < -0.39 is 16.7 Å². The zero-order valence-electron chi connectivity index (χ0n) is 10.8. The molecule has 0 saturated heterocycles. The first-order valence-electron chi connectivity index (χ1n) is 6.76. The minimum atomic E-state index is -3.42. The highest BCUT2D eigenvalue weighted by Crippen LogP contribution is 2.28. The van der Waals surface area contributed by atoms with Crippen molar-refractivity contribution in [1.29, 1.82) is 0 Å². The Bertz CT molecular complexity index is 315. The Morgan fingerprint density at radius 2 is 1.94 bits per heavy atom. The quantitative estimate of drug-likeness (QED) is 0.710. The average Bonchev–Trinajstić information content (AvgIpc) is 2.37. The molecule has 0 radical (unpaired) electrons. The van der Waals surface area contributed by atoms with Crippen LogP contribution in [0.2, 0.25) is 0 Å². The van der Waals surface area contributed by atoms with Crippen LogP contribution in [0.4, 0.5) is 4.39 Å². The molecule has 0 aliphatic heterocycles. The summed E-state index contributed by atoms with van der Waals surface area (Å²) in [6.07, 6.45) is 5.95. The number of hydrogen-bond donors (Lipinski definition) is 2. The lowest BCUT2D eigenvalue weighted by molar-refractivity contribution is 0.221. The van der Waals surface area contributed by atoms with Gasteiger partial charge in [0, 0.05) is 12.6 Å². The molecule has 0 spiro atoms. The SMILES string of the molecule is O=S(=O)(CCCF)NC(CCO)C1CCCCC1. The topological polar surface area (TPSA) is 66.4 Å². The van der Waals surface area contributed by atoms with Gasteiger partial charge in [0.2, 0.25) is 10.0 Å². The van der Waals surface area contributed by atoms with Gasteiger partial charge in [0.15, 0.2) is 0 Å². The third-order valence-corrected chi connectivity index (χ3v) is 5.02. The van der Waals surface area contributed by atoms with E-state index in [1.165, 1.54) is 6.42 Å². The maximum atomic E-state index is 12.0. The number of alkyl halides is 1. The van der Waals surface area contributed by atoms with E-state index >= 15 is 0 Å². The Labute approximate surface area is 109 Å². The van der Waals surface area contributed by atoms with Crippen LogP contribution in [-0.4, -0.2) is 38.6 Å². The van der Waals surface area contributed by atoms with E-state index in [4.69, 9.17) is 5.11 Å². The molecule has 0 heterocycles. The second-order valence-electron chi connectivity index (χ2n) is 5.00.